The smallest absolute Gasteiger partial charge is 0.309 e. The topological polar surface area (TPSA) is 64.4 Å². The van der Waals surface area contributed by atoms with Crippen molar-refractivity contribution in [3.63, 3.8) is 0 Å². The Hall–Kier alpha value is -2.63. The zero-order chi connectivity index (χ0) is 18.7. The third-order valence-corrected chi connectivity index (χ3v) is 4.77. The number of ether oxygens (including phenoxy) is 1. The monoisotopic (exact) mass is 355 g/mol. The van der Waals surface area contributed by atoms with Crippen molar-refractivity contribution in [2.24, 2.45) is 5.92 Å². The van der Waals surface area contributed by atoms with E-state index >= 15 is 0 Å². The molecule has 1 aliphatic heterocycles. The molecule has 1 fully saturated rings. The number of piperidine rings is 1. The summed E-state index contributed by atoms with van der Waals surface area (Å²) in [6, 6.07) is 9.53. The highest BCUT2D eigenvalue weighted by molar-refractivity contribution is 5.94. The Kier molecular flexibility index (Phi) is 5.40. The van der Waals surface area contributed by atoms with Gasteiger partial charge in [0, 0.05) is 24.3 Å². The van der Waals surface area contributed by atoms with Crippen molar-refractivity contribution in [3.8, 4) is 5.69 Å². The molecule has 2 aromatic rings. The zero-order valence-corrected chi connectivity index (χ0v) is 15.6. The molecule has 1 aromatic heterocycles. The first-order valence-electron chi connectivity index (χ1n) is 9.09. The van der Waals surface area contributed by atoms with E-state index in [1.807, 2.05) is 60.7 Å². The van der Waals surface area contributed by atoms with E-state index in [-0.39, 0.29) is 17.8 Å². The van der Waals surface area contributed by atoms with E-state index in [1.165, 1.54) is 0 Å². The first kappa shape index (κ1) is 18.2. The summed E-state index contributed by atoms with van der Waals surface area (Å²) >= 11 is 0. The maximum absolute atomic E-state index is 12.7. The maximum Gasteiger partial charge on any atom is 0.309 e. The molecule has 0 radical (unpaired) electrons. The van der Waals surface area contributed by atoms with Crippen LogP contribution in [0, 0.1) is 19.8 Å². The largest absolute Gasteiger partial charge is 0.466 e. The molecule has 0 aliphatic carbocycles. The molecule has 1 saturated heterocycles. The van der Waals surface area contributed by atoms with E-state index in [0.29, 0.717) is 38.1 Å². The normalized spacial score (nSPS) is 15.1. The fraction of sp³-hybridized carbons (Fsp3) is 0.450. The molecule has 2 heterocycles. The number of carbonyl (C=O) groups excluding carboxylic acids is 2. The number of carbonyl (C=O) groups is 2. The summed E-state index contributed by atoms with van der Waals surface area (Å²) in [5.74, 6) is -0.228. The molecule has 1 amide bonds. The van der Waals surface area contributed by atoms with Gasteiger partial charge in [-0.3, -0.25) is 9.59 Å². The number of likely N-dealkylation sites (tertiary alicyclic amines) is 1. The number of benzene rings is 1. The highest BCUT2D eigenvalue weighted by Crippen LogP contribution is 2.21. The molecule has 0 saturated carbocycles. The Balaban J connectivity index is 1.64. The van der Waals surface area contributed by atoms with Crippen molar-refractivity contribution in [2.75, 3.05) is 19.7 Å². The third-order valence-electron chi connectivity index (χ3n) is 4.77. The summed E-state index contributed by atoms with van der Waals surface area (Å²) in [6.07, 6.45) is 1.32. The Bertz CT molecular complexity index is 787. The van der Waals surface area contributed by atoms with Crippen LogP contribution in [-0.4, -0.2) is 46.3 Å². The van der Waals surface area contributed by atoms with Crippen LogP contribution in [0.15, 0.2) is 30.3 Å². The van der Waals surface area contributed by atoms with Crippen molar-refractivity contribution in [1.29, 1.82) is 0 Å². The Morgan fingerprint density at radius 2 is 1.81 bits per heavy atom. The van der Waals surface area contributed by atoms with Crippen LogP contribution in [0.4, 0.5) is 0 Å². The van der Waals surface area contributed by atoms with E-state index in [2.05, 4.69) is 5.10 Å². The number of rotatable bonds is 4. The minimum absolute atomic E-state index is 0.00669. The van der Waals surface area contributed by atoms with Gasteiger partial charge < -0.3 is 9.64 Å². The molecule has 0 atom stereocenters. The standard InChI is InChI=1S/C20H25N3O3/c1-4-26-20(25)17-9-11-22(12-10-17)19(24)16-5-7-18(8-6-16)23-15(3)13-14(2)21-23/h5-8,13,17H,4,9-12H2,1-3H3. The van der Waals surface area contributed by atoms with Crippen LogP contribution in [0.25, 0.3) is 5.69 Å². The minimum Gasteiger partial charge on any atom is -0.466 e. The lowest BCUT2D eigenvalue weighted by molar-refractivity contribution is -0.149. The SMILES string of the molecule is CCOC(=O)C1CCN(C(=O)c2ccc(-n3nc(C)cc3C)cc2)CC1. The van der Waals surface area contributed by atoms with E-state index in [1.54, 1.807) is 0 Å². The average molecular weight is 355 g/mol. The van der Waals surface area contributed by atoms with Gasteiger partial charge in [0.05, 0.1) is 23.9 Å². The number of aryl methyl sites for hydroxylation is 2. The lowest BCUT2D eigenvalue weighted by Crippen LogP contribution is -2.40. The third kappa shape index (κ3) is 3.79. The van der Waals surface area contributed by atoms with Crippen molar-refractivity contribution < 1.29 is 14.3 Å². The molecule has 6 nitrogen and oxygen atoms in total. The summed E-state index contributed by atoms with van der Waals surface area (Å²) in [5, 5.41) is 4.46. The van der Waals surface area contributed by atoms with Gasteiger partial charge in [-0.1, -0.05) is 0 Å². The number of aromatic nitrogens is 2. The first-order chi connectivity index (χ1) is 12.5. The first-order valence-corrected chi connectivity index (χ1v) is 9.09. The second-order valence-electron chi connectivity index (χ2n) is 6.70. The van der Waals surface area contributed by atoms with Gasteiger partial charge in [0.2, 0.25) is 0 Å². The maximum atomic E-state index is 12.7. The molecule has 6 heteroatoms. The van der Waals surface area contributed by atoms with E-state index in [4.69, 9.17) is 4.74 Å². The Morgan fingerprint density at radius 1 is 1.15 bits per heavy atom. The van der Waals surface area contributed by atoms with Gasteiger partial charge in [0.15, 0.2) is 0 Å². The van der Waals surface area contributed by atoms with Crippen molar-refractivity contribution in [2.45, 2.75) is 33.6 Å². The molecule has 0 N–H and O–H groups in total. The summed E-state index contributed by atoms with van der Waals surface area (Å²) in [7, 11) is 0. The summed E-state index contributed by atoms with van der Waals surface area (Å²) in [6.45, 7) is 7.35. The molecule has 1 aliphatic rings. The van der Waals surface area contributed by atoms with Gasteiger partial charge >= 0.3 is 5.97 Å². The Morgan fingerprint density at radius 3 is 2.35 bits per heavy atom. The molecule has 26 heavy (non-hydrogen) atoms. The number of nitrogens with zero attached hydrogens (tertiary/aromatic N) is 3. The second-order valence-corrected chi connectivity index (χ2v) is 6.70. The predicted molar refractivity (Wildman–Crippen MR) is 98.3 cm³/mol. The lowest BCUT2D eigenvalue weighted by atomic mass is 9.96. The van der Waals surface area contributed by atoms with Gasteiger partial charge in [0.25, 0.3) is 5.91 Å². The van der Waals surface area contributed by atoms with Gasteiger partial charge in [-0.25, -0.2) is 4.68 Å². The highest BCUT2D eigenvalue weighted by Gasteiger charge is 2.28. The second kappa shape index (κ2) is 7.72. The number of hydrogen-bond donors (Lipinski definition) is 0. The lowest BCUT2D eigenvalue weighted by Gasteiger charge is -2.31. The van der Waals surface area contributed by atoms with Gasteiger partial charge in [-0.15, -0.1) is 0 Å². The van der Waals surface area contributed by atoms with Crippen LogP contribution in [0.3, 0.4) is 0 Å². The van der Waals surface area contributed by atoms with Crippen LogP contribution < -0.4 is 0 Å². The molecule has 0 bridgehead atoms. The van der Waals surface area contributed by atoms with Gasteiger partial charge in [-0.05, 0) is 63.9 Å². The van der Waals surface area contributed by atoms with Gasteiger partial charge in [-0.2, -0.15) is 5.10 Å². The number of amides is 1. The molecule has 3 rings (SSSR count). The zero-order valence-electron chi connectivity index (χ0n) is 15.6. The molecule has 138 valence electrons. The van der Waals surface area contributed by atoms with Gasteiger partial charge in [0.1, 0.15) is 0 Å². The van der Waals surface area contributed by atoms with E-state index in [0.717, 1.165) is 17.1 Å². The van der Waals surface area contributed by atoms with E-state index in [9.17, 15) is 9.59 Å². The van der Waals surface area contributed by atoms with E-state index < -0.39 is 0 Å². The molecule has 0 unspecified atom stereocenters. The molecule has 1 aromatic carbocycles. The van der Waals surface area contributed by atoms with Crippen LogP contribution in [0.1, 0.15) is 41.5 Å². The average Bonchev–Trinajstić information content (AvgIpc) is 3.00. The summed E-state index contributed by atoms with van der Waals surface area (Å²) < 4.78 is 6.95. The predicted octanol–water partition coefficient (Wildman–Crippen LogP) is 2.90. The summed E-state index contributed by atoms with van der Waals surface area (Å²) in [4.78, 5) is 26.3. The molecular weight excluding hydrogens is 330 g/mol. The Labute approximate surface area is 153 Å². The highest BCUT2D eigenvalue weighted by atomic mass is 16.5. The fourth-order valence-electron chi connectivity index (χ4n) is 3.40. The number of esters is 1. The quantitative estimate of drug-likeness (QED) is 0.791. The molecule has 0 spiro atoms. The van der Waals surface area contributed by atoms with Crippen LogP contribution in [-0.2, 0) is 9.53 Å². The fourth-order valence-corrected chi connectivity index (χ4v) is 3.40. The number of hydrogen-bond acceptors (Lipinski definition) is 4. The van der Waals surface area contributed by atoms with Crippen LogP contribution in [0.2, 0.25) is 0 Å². The summed E-state index contributed by atoms with van der Waals surface area (Å²) in [5.41, 5.74) is 3.62. The van der Waals surface area contributed by atoms with Crippen LogP contribution in [0.5, 0.6) is 0 Å². The van der Waals surface area contributed by atoms with Crippen molar-refractivity contribution in [1.82, 2.24) is 14.7 Å². The van der Waals surface area contributed by atoms with Crippen LogP contribution >= 0.6 is 0 Å². The minimum atomic E-state index is -0.145. The molecular formula is C20H25N3O3. The van der Waals surface area contributed by atoms with Crippen molar-refractivity contribution >= 4 is 11.9 Å². The van der Waals surface area contributed by atoms with Crippen molar-refractivity contribution in [3.05, 3.63) is 47.3 Å².